The molecule has 0 saturated heterocycles. The van der Waals surface area contributed by atoms with Crippen molar-refractivity contribution in [1.82, 2.24) is 5.32 Å². The Hall–Kier alpha value is 0.200. The van der Waals surface area contributed by atoms with E-state index in [2.05, 4.69) is 5.32 Å². The highest BCUT2D eigenvalue weighted by Crippen LogP contribution is 1.96. The third-order valence-corrected chi connectivity index (χ3v) is 4.22. The standard InChI is InChI=1S/C10H22ClNO2S/c1-2-9-15(13,14)10-8-12-7-5-3-4-6-11/h12H,2-10H2,1H3. The second kappa shape index (κ2) is 9.43. The Labute approximate surface area is 98.5 Å². The smallest absolute Gasteiger partial charge is 0.151 e. The molecule has 0 aromatic rings. The Morgan fingerprint density at radius 1 is 1.07 bits per heavy atom. The summed E-state index contributed by atoms with van der Waals surface area (Å²) in [6.07, 6.45) is 3.92. The van der Waals surface area contributed by atoms with Crippen molar-refractivity contribution in [3.05, 3.63) is 0 Å². The molecule has 0 radical (unpaired) electrons. The first kappa shape index (κ1) is 15.2. The van der Waals surface area contributed by atoms with Crippen LogP contribution in [0.5, 0.6) is 0 Å². The van der Waals surface area contributed by atoms with Gasteiger partial charge in [0.15, 0.2) is 9.84 Å². The van der Waals surface area contributed by atoms with E-state index in [9.17, 15) is 8.42 Å². The Bertz CT molecular complexity index is 230. The maximum atomic E-state index is 11.3. The fourth-order valence-electron chi connectivity index (χ4n) is 1.29. The summed E-state index contributed by atoms with van der Waals surface area (Å²) in [6.45, 7) is 3.35. The molecule has 1 N–H and O–H groups in total. The van der Waals surface area contributed by atoms with Gasteiger partial charge in [-0.15, -0.1) is 11.6 Å². The van der Waals surface area contributed by atoms with E-state index in [1.807, 2.05) is 6.92 Å². The zero-order chi connectivity index (χ0) is 11.6. The fraction of sp³-hybridized carbons (Fsp3) is 1.00. The first-order chi connectivity index (χ1) is 7.12. The van der Waals surface area contributed by atoms with Crippen LogP contribution >= 0.6 is 11.6 Å². The van der Waals surface area contributed by atoms with Gasteiger partial charge in [0.1, 0.15) is 0 Å². The van der Waals surface area contributed by atoms with Gasteiger partial charge in [-0.2, -0.15) is 0 Å². The summed E-state index contributed by atoms with van der Waals surface area (Å²) in [5.41, 5.74) is 0. The third kappa shape index (κ3) is 10.5. The van der Waals surface area contributed by atoms with E-state index in [-0.39, 0.29) is 5.75 Å². The molecule has 0 spiro atoms. The van der Waals surface area contributed by atoms with Crippen molar-refractivity contribution in [2.75, 3.05) is 30.5 Å². The van der Waals surface area contributed by atoms with Gasteiger partial charge in [0.2, 0.25) is 0 Å². The number of unbranched alkanes of at least 4 members (excludes halogenated alkanes) is 2. The van der Waals surface area contributed by atoms with Crippen molar-refractivity contribution in [2.45, 2.75) is 32.6 Å². The van der Waals surface area contributed by atoms with Crippen LogP contribution in [0.25, 0.3) is 0 Å². The van der Waals surface area contributed by atoms with Gasteiger partial charge in [0.05, 0.1) is 5.75 Å². The molecule has 0 aliphatic carbocycles. The molecule has 0 aliphatic rings. The van der Waals surface area contributed by atoms with Crippen molar-refractivity contribution >= 4 is 21.4 Å². The first-order valence-corrected chi connectivity index (χ1v) is 7.95. The van der Waals surface area contributed by atoms with E-state index in [0.29, 0.717) is 24.6 Å². The zero-order valence-electron chi connectivity index (χ0n) is 9.47. The third-order valence-electron chi connectivity index (χ3n) is 2.09. The van der Waals surface area contributed by atoms with Crippen LogP contribution in [0.3, 0.4) is 0 Å². The minimum atomic E-state index is -2.81. The molecule has 0 atom stereocenters. The van der Waals surface area contributed by atoms with Crippen LogP contribution in [-0.4, -0.2) is 38.9 Å². The van der Waals surface area contributed by atoms with Gasteiger partial charge in [-0.1, -0.05) is 13.3 Å². The number of nitrogens with one attached hydrogen (secondary N) is 1. The van der Waals surface area contributed by atoms with E-state index in [0.717, 1.165) is 25.8 Å². The predicted octanol–water partition coefficient (Wildman–Crippen LogP) is 1.81. The Morgan fingerprint density at radius 3 is 2.40 bits per heavy atom. The van der Waals surface area contributed by atoms with Crippen molar-refractivity contribution in [1.29, 1.82) is 0 Å². The van der Waals surface area contributed by atoms with Crippen molar-refractivity contribution < 1.29 is 8.42 Å². The van der Waals surface area contributed by atoms with Crippen LogP contribution in [0, 0.1) is 0 Å². The molecule has 15 heavy (non-hydrogen) atoms. The van der Waals surface area contributed by atoms with E-state index >= 15 is 0 Å². The van der Waals surface area contributed by atoms with Gasteiger partial charge in [0.25, 0.3) is 0 Å². The Balaban J connectivity index is 3.31. The van der Waals surface area contributed by atoms with Crippen LogP contribution in [-0.2, 0) is 9.84 Å². The maximum Gasteiger partial charge on any atom is 0.151 e. The van der Waals surface area contributed by atoms with Crippen molar-refractivity contribution in [2.24, 2.45) is 0 Å². The molecule has 0 fully saturated rings. The highest BCUT2D eigenvalue weighted by Gasteiger charge is 2.07. The summed E-state index contributed by atoms with van der Waals surface area (Å²) in [4.78, 5) is 0. The lowest BCUT2D eigenvalue weighted by molar-refractivity contribution is 0.585. The topological polar surface area (TPSA) is 46.2 Å². The summed E-state index contributed by atoms with van der Waals surface area (Å²) in [5, 5.41) is 3.14. The summed E-state index contributed by atoms with van der Waals surface area (Å²) < 4.78 is 22.6. The van der Waals surface area contributed by atoms with Crippen LogP contribution in [0.4, 0.5) is 0 Å². The lowest BCUT2D eigenvalue weighted by atomic mass is 10.2. The highest BCUT2D eigenvalue weighted by molar-refractivity contribution is 7.91. The minimum Gasteiger partial charge on any atom is -0.316 e. The molecule has 3 nitrogen and oxygen atoms in total. The molecule has 92 valence electrons. The van der Waals surface area contributed by atoms with Gasteiger partial charge < -0.3 is 5.32 Å². The second-order valence-electron chi connectivity index (χ2n) is 3.65. The second-order valence-corrected chi connectivity index (χ2v) is 6.33. The number of halogens is 1. The van der Waals surface area contributed by atoms with Crippen LogP contribution in [0.2, 0.25) is 0 Å². The van der Waals surface area contributed by atoms with Crippen LogP contribution < -0.4 is 5.32 Å². The van der Waals surface area contributed by atoms with E-state index < -0.39 is 9.84 Å². The first-order valence-electron chi connectivity index (χ1n) is 5.59. The maximum absolute atomic E-state index is 11.3. The largest absolute Gasteiger partial charge is 0.316 e. The highest BCUT2D eigenvalue weighted by atomic mass is 35.5. The SMILES string of the molecule is CCCS(=O)(=O)CCNCCCCCCl. The predicted molar refractivity (Wildman–Crippen MR) is 66.4 cm³/mol. The summed E-state index contributed by atoms with van der Waals surface area (Å²) >= 11 is 5.54. The lowest BCUT2D eigenvalue weighted by Gasteiger charge is -2.04. The molecule has 0 saturated carbocycles. The van der Waals surface area contributed by atoms with Crippen LogP contribution in [0.15, 0.2) is 0 Å². The average Bonchev–Trinajstić information content (AvgIpc) is 2.16. The molecule has 0 unspecified atom stereocenters. The molecule has 0 rings (SSSR count). The van der Waals surface area contributed by atoms with Gasteiger partial charge in [-0.3, -0.25) is 0 Å². The lowest BCUT2D eigenvalue weighted by Crippen LogP contribution is -2.25. The molecular formula is C10H22ClNO2S. The monoisotopic (exact) mass is 255 g/mol. The quantitative estimate of drug-likeness (QED) is 0.478. The Kier molecular flexibility index (Phi) is 9.55. The van der Waals surface area contributed by atoms with Gasteiger partial charge in [-0.25, -0.2) is 8.42 Å². The summed E-state index contributed by atoms with van der Waals surface area (Å²) in [5.74, 6) is 1.28. The average molecular weight is 256 g/mol. The number of sulfone groups is 1. The molecule has 0 amide bonds. The molecule has 5 heteroatoms. The molecule has 0 aromatic heterocycles. The normalized spacial score (nSPS) is 11.9. The number of hydrogen-bond donors (Lipinski definition) is 1. The number of alkyl halides is 1. The van der Waals surface area contributed by atoms with Crippen molar-refractivity contribution in [3.63, 3.8) is 0 Å². The van der Waals surface area contributed by atoms with Crippen LogP contribution in [0.1, 0.15) is 32.6 Å². The Morgan fingerprint density at radius 2 is 1.80 bits per heavy atom. The molecule has 0 bridgehead atoms. The molecule has 0 heterocycles. The van der Waals surface area contributed by atoms with E-state index in [1.54, 1.807) is 0 Å². The van der Waals surface area contributed by atoms with Gasteiger partial charge in [-0.05, 0) is 25.8 Å². The van der Waals surface area contributed by atoms with Crippen molar-refractivity contribution in [3.8, 4) is 0 Å². The molecule has 0 aromatic carbocycles. The zero-order valence-corrected chi connectivity index (χ0v) is 11.0. The van der Waals surface area contributed by atoms with E-state index in [4.69, 9.17) is 11.6 Å². The molecular weight excluding hydrogens is 234 g/mol. The van der Waals surface area contributed by atoms with Gasteiger partial charge >= 0.3 is 0 Å². The fourth-order valence-corrected chi connectivity index (χ4v) is 2.76. The van der Waals surface area contributed by atoms with E-state index in [1.165, 1.54) is 0 Å². The summed E-state index contributed by atoms with van der Waals surface area (Å²) in [6, 6.07) is 0. The molecule has 0 aliphatic heterocycles. The van der Waals surface area contributed by atoms with Gasteiger partial charge in [0, 0.05) is 18.2 Å². The minimum absolute atomic E-state index is 0.260. The number of rotatable bonds is 10. The summed E-state index contributed by atoms with van der Waals surface area (Å²) in [7, 11) is -2.81. The number of hydrogen-bond acceptors (Lipinski definition) is 3.